The molecule has 0 radical (unpaired) electrons. The standard InChI is InChI=1S/C28H30N2O3/c1-19-9-14-24-25(17-29-16-20(2)22-7-5-4-6-8-22)27(28(31)32)30(26(24)15-19)18-21-10-12-23(33-3)13-11-21/h4-15,20,29H,16-18H2,1-3H3,(H,31,32). The number of aromatic nitrogens is 1. The molecular formula is C28H30N2O3. The summed E-state index contributed by atoms with van der Waals surface area (Å²) in [5, 5.41) is 14.7. The number of ether oxygens (including phenoxy) is 1. The number of carboxylic acids is 1. The normalized spacial score (nSPS) is 12.1. The average molecular weight is 443 g/mol. The molecule has 0 aliphatic heterocycles. The minimum Gasteiger partial charge on any atom is -0.497 e. The summed E-state index contributed by atoms with van der Waals surface area (Å²) in [6.07, 6.45) is 0. The summed E-state index contributed by atoms with van der Waals surface area (Å²) in [6, 6.07) is 24.3. The summed E-state index contributed by atoms with van der Waals surface area (Å²) < 4.78 is 7.18. The first kappa shape index (κ1) is 22.6. The second kappa shape index (κ2) is 9.92. The first-order valence-corrected chi connectivity index (χ1v) is 11.2. The molecule has 4 rings (SSSR count). The molecule has 4 aromatic rings. The lowest BCUT2D eigenvalue weighted by atomic mass is 10.0. The predicted molar refractivity (Wildman–Crippen MR) is 132 cm³/mol. The Labute approximate surface area is 194 Å². The van der Waals surface area contributed by atoms with E-state index >= 15 is 0 Å². The first-order chi connectivity index (χ1) is 16.0. The van der Waals surface area contributed by atoms with Crippen molar-refractivity contribution in [2.75, 3.05) is 13.7 Å². The average Bonchev–Trinajstić information content (AvgIpc) is 3.12. The highest BCUT2D eigenvalue weighted by molar-refractivity contribution is 5.98. The third-order valence-electron chi connectivity index (χ3n) is 6.15. The number of carbonyl (C=O) groups is 1. The topological polar surface area (TPSA) is 63.5 Å². The molecule has 33 heavy (non-hydrogen) atoms. The van der Waals surface area contributed by atoms with E-state index in [4.69, 9.17) is 4.74 Å². The van der Waals surface area contributed by atoms with Crippen LogP contribution in [0.2, 0.25) is 0 Å². The highest BCUT2D eigenvalue weighted by Crippen LogP contribution is 2.29. The van der Waals surface area contributed by atoms with Crippen LogP contribution in [0.5, 0.6) is 5.75 Å². The molecule has 0 saturated heterocycles. The van der Waals surface area contributed by atoms with Gasteiger partial charge >= 0.3 is 5.97 Å². The number of benzene rings is 3. The Bertz CT molecular complexity index is 1240. The van der Waals surface area contributed by atoms with Crippen molar-refractivity contribution in [3.05, 3.63) is 101 Å². The van der Waals surface area contributed by atoms with E-state index in [-0.39, 0.29) is 0 Å². The summed E-state index contributed by atoms with van der Waals surface area (Å²) in [5.41, 5.74) is 5.49. The highest BCUT2D eigenvalue weighted by Gasteiger charge is 2.22. The zero-order valence-electron chi connectivity index (χ0n) is 19.3. The minimum absolute atomic E-state index is 0.328. The van der Waals surface area contributed by atoms with Crippen LogP contribution in [0.3, 0.4) is 0 Å². The molecule has 0 aliphatic carbocycles. The van der Waals surface area contributed by atoms with Crippen molar-refractivity contribution in [3.8, 4) is 5.75 Å². The van der Waals surface area contributed by atoms with Crippen molar-refractivity contribution < 1.29 is 14.6 Å². The van der Waals surface area contributed by atoms with Crippen molar-refractivity contribution in [1.82, 2.24) is 9.88 Å². The van der Waals surface area contributed by atoms with Crippen LogP contribution < -0.4 is 10.1 Å². The molecule has 1 heterocycles. The monoisotopic (exact) mass is 442 g/mol. The molecule has 1 unspecified atom stereocenters. The lowest BCUT2D eigenvalue weighted by molar-refractivity contribution is 0.0684. The van der Waals surface area contributed by atoms with E-state index in [1.165, 1.54) is 5.56 Å². The van der Waals surface area contributed by atoms with E-state index in [1.54, 1.807) is 7.11 Å². The van der Waals surface area contributed by atoms with Gasteiger partial charge in [-0.1, -0.05) is 61.5 Å². The Balaban J connectivity index is 1.66. The second-order valence-corrected chi connectivity index (χ2v) is 8.53. The van der Waals surface area contributed by atoms with E-state index in [0.717, 1.165) is 39.9 Å². The van der Waals surface area contributed by atoms with E-state index in [0.29, 0.717) is 24.7 Å². The Morgan fingerprint density at radius 1 is 1.06 bits per heavy atom. The summed E-state index contributed by atoms with van der Waals surface area (Å²) in [5.74, 6) is 0.197. The number of hydrogen-bond donors (Lipinski definition) is 2. The second-order valence-electron chi connectivity index (χ2n) is 8.53. The van der Waals surface area contributed by atoms with Gasteiger partial charge in [-0.3, -0.25) is 0 Å². The van der Waals surface area contributed by atoms with Crippen LogP contribution in [0.15, 0.2) is 72.8 Å². The number of hydrogen-bond acceptors (Lipinski definition) is 3. The molecule has 5 heteroatoms. The van der Waals surface area contributed by atoms with Gasteiger partial charge in [0.05, 0.1) is 7.11 Å². The van der Waals surface area contributed by atoms with Crippen molar-refractivity contribution in [2.24, 2.45) is 0 Å². The SMILES string of the molecule is COc1ccc(Cn2c(C(=O)O)c(CNCC(C)c3ccccc3)c3ccc(C)cc32)cc1. The number of nitrogens with one attached hydrogen (secondary N) is 1. The van der Waals surface area contributed by atoms with Crippen LogP contribution in [-0.4, -0.2) is 29.3 Å². The third-order valence-corrected chi connectivity index (χ3v) is 6.15. The zero-order chi connectivity index (χ0) is 23.4. The number of aromatic carboxylic acids is 1. The Kier molecular flexibility index (Phi) is 6.80. The van der Waals surface area contributed by atoms with Crippen molar-refractivity contribution in [3.63, 3.8) is 0 Å². The van der Waals surface area contributed by atoms with Crippen LogP contribution in [0.4, 0.5) is 0 Å². The van der Waals surface area contributed by atoms with Gasteiger partial charge in [-0.15, -0.1) is 0 Å². The number of aryl methyl sites for hydroxylation is 1. The molecule has 3 aromatic carbocycles. The number of rotatable bonds is 9. The Morgan fingerprint density at radius 2 is 1.79 bits per heavy atom. The van der Waals surface area contributed by atoms with Gasteiger partial charge in [0.15, 0.2) is 0 Å². The molecular weight excluding hydrogens is 412 g/mol. The van der Waals surface area contributed by atoms with E-state index in [9.17, 15) is 9.90 Å². The predicted octanol–water partition coefficient (Wildman–Crippen LogP) is 5.60. The molecule has 0 bridgehead atoms. The number of carboxylic acid groups (broad SMARTS) is 1. The van der Waals surface area contributed by atoms with Gasteiger partial charge in [0.1, 0.15) is 11.4 Å². The molecule has 0 fully saturated rings. The molecule has 1 aromatic heterocycles. The fourth-order valence-corrected chi connectivity index (χ4v) is 4.35. The Hall–Kier alpha value is -3.57. The number of nitrogens with zero attached hydrogens (tertiary/aromatic N) is 1. The van der Waals surface area contributed by atoms with Crippen LogP contribution >= 0.6 is 0 Å². The van der Waals surface area contributed by atoms with Gasteiger partial charge in [-0.2, -0.15) is 0 Å². The maximum atomic E-state index is 12.4. The van der Waals surface area contributed by atoms with Gasteiger partial charge in [-0.05, 0) is 47.7 Å². The largest absolute Gasteiger partial charge is 0.497 e. The molecule has 0 saturated carbocycles. The van der Waals surface area contributed by atoms with Crippen LogP contribution in [-0.2, 0) is 13.1 Å². The maximum Gasteiger partial charge on any atom is 0.352 e. The highest BCUT2D eigenvalue weighted by atomic mass is 16.5. The van der Waals surface area contributed by atoms with Gasteiger partial charge < -0.3 is 19.7 Å². The van der Waals surface area contributed by atoms with Gasteiger partial charge in [0, 0.05) is 36.1 Å². The molecule has 0 spiro atoms. The fourth-order valence-electron chi connectivity index (χ4n) is 4.35. The van der Waals surface area contributed by atoms with Crippen molar-refractivity contribution >= 4 is 16.9 Å². The van der Waals surface area contributed by atoms with Gasteiger partial charge in [0.25, 0.3) is 0 Å². The van der Waals surface area contributed by atoms with Gasteiger partial charge in [0.2, 0.25) is 0 Å². The quantitative estimate of drug-likeness (QED) is 0.354. The fraction of sp³-hybridized carbons (Fsp3) is 0.250. The third kappa shape index (κ3) is 4.94. The number of methoxy groups -OCH3 is 1. The van der Waals surface area contributed by atoms with Crippen molar-refractivity contribution in [1.29, 1.82) is 0 Å². The molecule has 5 nitrogen and oxygen atoms in total. The van der Waals surface area contributed by atoms with E-state index in [2.05, 4.69) is 30.4 Å². The Morgan fingerprint density at radius 3 is 2.45 bits per heavy atom. The van der Waals surface area contributed by atoms with E-state index < -0.39 is 5.97 Å². The first-order valence-electron chi connectivity index (χ1n) is 11.2. The lowest BCUT2D eigenvalue weighted by Crippen LogP contribution is -2.21. The smallest absolute Gasteiger partial charge is 0.352 e. The van der Waals surface area contributed by atoms with Crippen LogP contribution in [0.1, 0.15) is 45.6 Å². The summed E-state index contributed by atoms with van der Waals surface area (Å²) in [7, 11) is 1.64. The number of fused-ring (bicyclic) bond motifs is 1. The molecule has 0 aliphatic rings. The molecule has 170 valence electrons. The van der Waals surface area contributed by atoms with Crippen LogP contribution in [0.25, 0.3) is 10.9 Å². The summed E-state index contributed by atoms with van der Waals surface area (Å²) >= 11 is 0. The molecule has 2 N–H and O–H groups in total. The van der Waals surface area contributed by atoms with Gasteiger partial charge in [-0.25, -0.2) is 4.79 Å². The lowest BCUT2D eigenvalue weighted by Gasteiger charge is -2.14. The summed E-state index contributed by atoms with van der Waals surface area (Å²) in [6.45, 7) is 5.95. The summed E-state index contributed by atoms with van der Waals surface area (Å²) in [4.78, 5) is 12.4. The van der Waals surface area contributed by atoms with Crippen LogP contribution in [0, 0.1) is 6.92 Å². The minimum atomic E-state index is -0.912. The molecule has 0 amide bonds. The van der Waals surface area contributed by atoms with Crippen molar-refractivity contribution in [2.45, 2.75) is 32.9 Å². The maximum absolute atomic E-state index is 12.4. The molecule has 1 atom stereocenters. The zero-order valence-corrected chi connectivity index (χ0v) is 19.3. The van der Waals surface area contributed by atoms with E-state index in [1.807, 2.05) is 66.1 Å².